The van der Waals surface area contributed by atoms with Gasteiger partial charge in [-0.15, -0.1) is 5.10 Å². The lowest BCUT2D eigenvalue weighted by atomic mass is 10.1. The molecule has 0 bridgehead atoms. The Kier molecular flexibility index (Phi) is 4.58. The molecule has 27 heavy (non-hydrogen) atoms. The summed E-state index contributed by atoms with van der Waals surface area (Å²) in [6, 6.07) is 14.1. The van der Waals surface area contributed by atoms with E-state index in [2.05, 4.69) is 10.3 Å². The molecule has 0 radical (unpaired) electrons. The minimum Gasteiger partial charge on any atom is -0.365 e. The fraction of sp³-hybridized carbons (Fsp3) is 0.250. The molecule has 1 saturated heterocycles. The first-order valence-electron chi connectivity index (χ1n) is 8.91. The molecule has 1 aliphatic rings. The summed E-state index contributed by atoms with van der Waals surface area (Å²) in [5, 5.41) is 7.83. The Morgan fingerprint density at radius 3 is 2.52 bits per heavy atom. The molecule has 2 heterocycles. The van der Waals surface area contributed by atoms with Crippen molar-refractivity contribution in [3.8, 4) is 5.69 Å². The van der Waals surface area contributed by atoms with E-state index in [9.17, 15) is 9.18 Å². The zero-order chi connectivity index (χ0) is 18.8. The van der Waals surface area contributed by atoms with Gasteiger partial charge in [0.15, 0.2) is 0 Å². The standard InChI is InChI=1S/C20H20FN5O/c1-15-14-24(19-9-5-3-7-17(19)21)12-13-25(15)20(27)16-6-2-4-8-18(16)26-11-10-22-23-26/h2-11,15H,12-14H2,1H3. The molecule has 1 unspecified atom stereocenters. The summed E-state index contributed by atoms with van der Waals surface area (Å²) in [7, 11) is 0. The van der Waals surface area contributed by atoms with Crippen molar-refractivity contribution in [3.63, 3.8) is 0 Å². The van der Waals surface area contributed by atoms with Crippen molar-refractivity contribution in [2.75, 3.05) is 24.5 Å². The molecule has 7 heteroatoms. The second-order valence-corrected chi connectivity index (χ2v) is 6.61. The predicted molar refractivity (Wildman–Crippen MR) is 100 cm³/mol. The van der Waals surface area contributed by atoms with Gasteiger partial charge in [-0.2, -0.15) is 0 Å². The van der Waals surface area contributed by atoms with Gasteiger partial charge < -0.3 is 9.80 Å². The average Bonchev–Trinajstić information content (AvgIpc) is 3.22. The van der Waals surface area contributed by atoms with E-state index in [1.54, 1.807) is 35.3 Å². The van der Waals surface area contributed by atoms with Crippen LogP contribution in [0.3, 0.4) is 0 Å². The lowest BCUT2D eigenvalue weighted by Crippen LogP contribution is -2.54. The molecule has 1 atom stereocenters. The predicted octanol–water partition coefficient (Wildman–Crippen LogP) is 2.76. The summed E-state index contributed by atoms with van der Waals surface area (Å²) in [5.74, 6) is -0.289. The number of para-hydroxylation sites is 2. The van der Waals surface area contributed by atoms with Gasteiger partial charge in [-0.25, -0.2) is 9.07 Å². The number of benzene rings is 2. The summed E-state index contributed by atoms with van der Waals surface area (Å²) in [6.45, 7) is 3.68. The van der Waals surface area contributed by atoms with Crippen LogP contribution in [0.15, 0.2) is 60.9 Å². The van der Waals surface area contributed by atoms with Crippen LogP contribution < -0.4 is 4.90 Å². The average molecular weight is 365 g/mol. The van der Waals surface area contributed by atoms with Gasteiger partial charge in [0.05, 0.1) is 29.3 Å². The monoisotopic (exact) mass is 365 g/mol. The Morgan fingerprint density at radius 1 is 1.07 bits per heavy atom. The van der Waals surface area contributed by atoms with Crippen LogP contribution in [0.5, 0.6) is 0 Å². The van der Waals surface area contributed by atoms with Gasteiger partial charge in [-0.3, -0.25) is 4.79 Å². The second kappa shape index (κ2) is 7.19. The van der Waals surface area contributed by atoms with Crippen LogP contribution in [0.2, 0.25) is 0 Å². The molecular formula is C20H20FN5O. The molecule has 1 aromatic heterocycles. The number of rotatable bonds is 3. The lowest BCUT2D eigenvalue weighted by Gasteiger charge is -2.41. The van der Waals surface area contributed by atoms with Gasteiger partial charge in [-0.05, 0) is 31.2 Å². The van der Waals surface area contributed by atoms with Crippen LogP contribution in [-0.2, 0) is 0 Å². The molecule has 0 aliphatic carbocycles. The highest BCUT2D eigenvalue weighted by atomic mass is 19.1. The maximum atomic E-state index is 14.1. The highest BCUT2D eigenvalue weighted by molar-refractivity contribution is 5.98. The topological polar surface area (TPSA) is 54.3 Å². The van der Waals surface area contributed by atoms with Gasteiger partial charge >= 0.3 is 0 Å². The van der Waals surface area contributed by atoms with Crippen molar-refractivity contribution in [2.24, 2.45) is 0 Å². The van der Waals surface area contributed by atoms with Gasteiger partial charge in [-0.1, -0.05) is 29.5 Å². The van der Waals surface area contributed by atoms with Crippen molar-refractivity contribution >= 4 is 11.6 Å². The molecular weight excluding hydrogens is 345 g/mol. The largest absolute Gasteiger partial charge is 0.365 e. The Morgan fingerprint density at radius 2 is 1.81 bits per heavy atom. The summed E-state index contributed by atoms with van der Waals surface area (Å²) in [6.07, 6.45) is 3.29. The maximum absolute atomic E-state index is 14.1. The number of halogens is 1. The molecule has 1 fully saturated rings. The number of carbonyl (C=O) groups excluding carboxylic acids is 1. The number of amides is 1. The number of piperazine rings is 1. The van der Waals surface area contributed by atoms with Crippen LogP contribution in [-0.4, -0.2) is 51.5 Å². The second-order valence-electron chi connectivity index (χ2n) is 6.61. The third kappa shape index (κ3) is 3.28. The molecule has 4 rings (SSSR count). The van der Waals surface area contributed by atoms with Crippen molar-refractivity contribution < 1.29 is 9.18 Å². The Balaban J connectivity index is 1.56. The van der Waals surface area contributed by atoms with Gasteiger partial charge in [0, 0.05) is 25.7 Å². The fourth-order valence-electron chi connectivity index (χ4n) is 3.53. The zero-order valence-electron chi connectivity index (χ0n) is 15.0. The fourth-order valence-corrected chi connectivity index (χ4v) is 3.53. The number of hydrogen-bond acceptors (Lipinski definition) is 4. The highest BCUT2D eigenvalue weighted by Gasteiger charge is 2.30. The molecule has 0 saturated carbocycles. The van der Waals surface area contributed by atoms with E-state index in [1.807, 2.05) is 41.0 Å². The normalized spacial score (nSPS) is 17.2. The number of anilines is 1. The van der Waals surface area contributed by atoms with Gasteiger partial charge in [0.2, 0.25) is 0 Å². The zero-order valence-corrected chi connectivity index (χ0v) is 15.0. The molecule has 1 aliphatic heterocycles. The molecule has 3 aromatic rings. The number of carbonyl (C=O) groups is 1. The number of hydrogen-bond donors (Lipinski definition) is 0. The first kappa shape index (κ1) is 17.2. The summed E-state index contributed by atoms with van der Waals surface area (Å²) in [5.41, 5.74) is 1.86. The molecule has 2 aromatic carbocycles. The van der Waals surface area contributed by atoms with Gasteiger partial charge in [0.1, 0.15) is 5.82 Å². The third-order valence-corrected chi connectivity index (χ3v) is 4.89. The molecule has 138 valence electrons. The van der Waals surface area contributed by atoms with Crippen LogP contribution in [0.25, 0.3) is 5.69 Å². The van der Waals surface area contributed by atoms with E-state index in [-0.39, 0.29) is 17.8 Å². The summed E-state index contributed by atoms with van der Waals surface area (Å²) >= 11 is 0. The first-order chi connectivity index (χ1) is 13.1. The minimum absolute atomic E-state index is 0.0466. The number of aromatic nitrogens is 3. The minimum atomic E-state index is -0.235. The lowest BCUT2D eigenvalue weighted by molar-refractivity contribution is 0.0673. The van der Waals surface area contributed by atoms with Crippen LogP contribution >= 0.6 is 0 Å². The van der Waals surface area contributed by atoms with E-state index in [0.717, 1.165) is 0 Å². The Labute approximate surface area is 156 Å². The summed E-state index contributed by atoms with van der Waals surface area (Å²) in [4.78, 5) is 17.0. The third-order valence-electron chi connectivity index (χ3n) is 4.89. The Bertz CT molecular complexity index is 943. The SMILES string of the molecule is CC1CN(c2ccccc2F)CCN1C(=O)c1ccccc1-n1ccnn1. The Hall–Kier alpha value is -3.22. The molecule has 0 N–H and O–H groups in total. The van der Waals surface area contributed by atoms with Crippen molar-refractivity contribution in [1.82, 2.24) is 19.9 Å². The van der Waals surface area contributed by atoms with Crippen LogP contribution in [0.1, 0.15) is 17.3 Å². The quantitative estimate of drug-likeness (QED) is 0.716. The van der Waals surface area contributed by atoms with Crippen LogP contribution in [0.4, 0.5) is 10.1 Å². The van der Waals surface area contributed by atoms with Gasteiger partial charge in [0.25, 0.3) is 5.91 Å². The molecule has 6 nitrogen and oxygen atoms in total. The van der Waals surface area contributed by atoms with E-state index in [1.165, 1.54) is 6.07 Å². The maximum Gasteiger partial charge on any atom is 0.256 e. The van der Waals surface area contributed by atoms with E-state index < -0.39 is 0 Å². The van der Waals surface area contributed by atoms with Crippen LogP contribution in [0, 0.1) is 5.82 Å². The van der Waals surface area contributed by atoms with Crippen molar-refractivity contribution in [1.29, 1.82) is 0 Å². The smallest absolute Gasteiger partial charge is 0.256 e. The van der Waals surface area contributed by atoms with Crippen molar-refractivity contribution in [2.45, 2.75) is 13.0 Å². The van der Waals surface area contributed by atoms with E-state index in [4.69, 9.17) is 0 Å². The summed E-state index contributed by atoms with van der Waals surface area (Å²) < 4.78 is 15.7. The molecule has 0 spiro atoms. The molecule has 1 amide bonds. The van der Waals surface area contributed by atoms with E-state index in [0.29, 0.717) is 36.6 Å². The first-order valence-corrected chi connectivity index (χ1v) is 8.91. The van der Waals surface area contributed by atoms with E-state index >= 15 is 0 Å². The van der Waals surface area contributed by atoms with Crippen molar-refractivity contribution in [3.05, 3.63) is 72.3 Å². The highest BCUT2D eigenvalue weighted by Crippen LogP contribution is 2.24. The number of nitrogens with zero attached hydrogens (tertiary/aromatic N) is 5.